The zero-order valence-electron chi connectivity index (χ0n) is 12.6. The second-order valence-electron chi connectivity index (χ2n) is 5.90. The van der Waals surface area contributed by atoms with Gasteiger partial charge in [0.15, 0.2) is 0 Å². The van der Waals surface area contributed by atoms with Crippen LogP contribution in [0.4, 0.5) is 0 Å². The van der Waals surface area contributed by atoms with Gasteiger partial charge in [0.25, 0.3) is 0 Å². The van der Waals surface area contributed by atoms with Crippen molar-refractivity contribution in [1.29, 1.82) is 0 Å². The Labute approximate surface area is 116 Å². The maximum atomic E-state index is 12.4. The summed E-state index contributed by atoms with van der Waals surface area (Å²) < 4.78 is 0. The Bertz CT molecular complexity index is 363. The van der Waals surface area contributed by atoms with Crippen LogP contribution in [0, 0.1) is 11.8 Å². The maximum absolute atomic E-state index is 12.4. The minimum absolute atomic E-state index is 0.0881. The van der Waals surface area contributed by atoms with E-state index in [1.165, 1.54) is 0 Å². The summed E-state index contributed by atoms with van der Waals surface area (Å²) in [6.45, 7) is 14.5. The highest BCUT2D eigenvalue weighted by atomic mass is 16.2. The van der Waals surface area contributed by atoms with Crippen LogP contribution in [-0.4, -0.2) is 47.8 Å². The third-order valence-corrected chi connectivity index (χ3v) is 3.30. The Hall–Kier alpha value is -1.32. The van der Waals surface area contributed by atoms with Crippen LogP contribution in [0.15, 0.2) is 12.2 Å². The molecule has 1 aliphatic rings. The largest absolute Gasteiger partial charge is 0.342 e. The van der Waals surface area contributed by atoms with Crippen LogP contribution in [0.5, 0.6) is 0 Å². The van der Waals surface area contributed by atoms with Crippen LogP contribution < -0.4 is 0 Å². The number of likely N-dealkylation sites (N-methyl/N-ethyl adjacent to an activating group) is 1. The lowest BCUT2D eigenvalue weighted by Crippen LogP contribution is -2.38. The van der Waals surface area contributed by atoms with Gasteiger partial charge in [-0.1, -0.05) is 26.0 Å². The average molecular weight is 266 g/mol. The van der Waals surface area contributed by atoms with Crippen LogP contribution in [0.3, 0.4) is 0 Å². The normalized spacial score (nSPS) is 19.1. The van der Waals surface area contributed by atoms with E-state index in [2.05, 4.69) is 20.4 Å². The van der Waals surface area contributed by atoms with Gasteiger partial charge in [-0.25, -0.2) is 0 Å². The van der Waals surface area contributed by atoms with Crippen molar-refractivity contribution in [3.8, 4) is 0 Å². The topological polar surface area (TPSA) is 40.6 Å². The molecule has 19 heavy (non-hydrogen) atoms. The van der Waals surface area contributed by atoms with Gasteiger partial charge in [-0.05, 0) is 19.8 Å². The molecule has 108 valence electrons. The van der Waals surface area contributed by atoms with E-state index < -0.39 is 0 Å². The van der Waals surface area contributed by atoms with Gasteiger partial charge in [0.2, 0.25) is 11.8 Å². The lowest BCUT2D eigenvalue weighted by atomic mass is 10.1. The zero-order valence-corrected chi connectivity index (χ0v) is 12.6. The second kappa shape index (κ2) is 6.73. The maximum Gasteiger partial charge on any atom is 0.228 e. The first-order valence-corrected chi connectivity index (χ1v) is 7.06. The third kappa shape index (κ3) is 4.37. The van der Waals surface area contributed by atoms with Gasteiger partial charge >= 0.3 is 0 Å². The third-order valence-electron chi connectivity index (χ3n) is 3.30. The molecule has 0 saturated carbocycles. The van der Waals surface area contributed by atoms with E-state index in [1.807, 2.05) is 18.7 Å². The summed E-state index contributed by atoms with van der Waals surface area (Å²) >= 11 is 0. The van der Waals surface area contributed by atoms with E-state index in [0.29, 0.717) is 32.0 Å². The van der Waals surface area contributed by atoms with E-state index in [4.69, 9.17) is 0 Å². The van der Waals surface area contributed by atoms with Crippen LogP contribution in [0.25, 0.3) is 0 Å². The van der Waals surface area contributed by atoms with Crippen LogP contribution in [0.2, 0.25) is 0 Å². The number of hydrogen-bond donors (Lipinski definition) is 0. The van der Waals surface area contributed by atoms with E-state index in [0.717, 1.165) is 12.1 Å². The summed E-state index contributed by atoms with van der Waals surface area (Å²) in [5, 5.41) is 0. The molecule has 0 bridgehead atoms. The molecule has 2 amide bonds. The Morgan fingerprint density at radius 2 is 2.16 bits per heavy atom. The molecule has 1 rings (SSSR count). The van der Waals surface area contributed by atoms with Crippen LogP contribution >= 0.6 is 0 Å². The highest BCUT2D eigenvalue weighted by Crippen LogP contribution is 2.21. The smallest absolute Gasteiger partial charge is 0.228 e. The van der Waals surface area contributed by atoms with E-state index in [-0.39, 0.29) is 17.7 Å². The van der Waals surface area contributed by atoms with Gasteiger partial charge in [0.1, 0.15) is 0 Å². The molecule has 0 aromatic heterocycles. The van der Waals surface area contributed by atoms with E-state index in [1.54, 1.807) is 4.90 Å². The number of likely N-dealkylation sites (tertiary alicyclic amines) is 1. The molecule has 0 N–H and O–H groups in total. The van der Waals surface area contributed by atoms with Gasteiger partial charge in [0.05, 0.1) is 5.92 Å². The van der Waals surface area contributed by atoms with Crippen molar-refractivity contribution < 1.29 is 9.59 Å². The number of amides is 2. The summed E-state index contributed by atoms with van der Waals surface area (Å²) in [7, 11) is 0. The van der Waals surface area contributed by atoms with Gasteiger partial charge in [0, 0.05) is 32.6 Å². The standard InChI is InChI=1S/C15H26N2O2/c1-6-16(8-11(2)3)15(19)13-7-14(18)17(10-13)9-12(4)5/h12-13H,2,6-10H2,1,3-5H3/t13-/m1/s1. The van der Waals surface area contributed by atoms with Gasteiger partial charge in [-0.2, -0.15) is 0 Å². The summed E-state index contributed by atoms with van der Waals surface area (Å²) in [6, 6.07) is 0. The van der Waals surface area contributed by atoms with E-state index in [9.17, 15) is 9.59 Å². The molecule has 0 unspecified atom stereocenters. The zero-order chi connectivity index (χ0) is 14.6. The van der Waals surface area contributed by atoms with Crippen molar-refractivity contribution in [3.63, 3.8) is 0 Å². The first-order chi connectivity index (χ1) is 8.85. The molecule has 0 aromatic carbocycles. The molecule has 1 fully saturated rings. The summed E-state index contributed by atoms with van der Waals surface area (Å²) in [5.74, 6) is 0.463. The molecule has 1 saturated heterocycles. The molecule has 4 heteroatoms. The predicted molar refractivity (Wildman–Crippen MR) is 76.6 cm³/mol. The van der Waals surface area contributed by atoms with Gasteiger partial charge < -0.3 is 9.80 Å². The van der Waals surface area contributed by atoms with Gasteiger partial charge in [-0.15, -0.1) is 0 Å². The SMILES string of the molecule is C=C(C)CN(CC)C(=O)[C@@H]1CC(=O)N(CC(C)C)C1. The number of carbonyl (C=O) groups is 2. The van der Waals surface area contributed by atoms with Gasteiger partial charge in [-0.3, -0.25) is 9.59 Å². The van der Waals surface area contributed by atoms with Crippen molar-refractivity contribution >= 4 is 11.8 Å². The highest BCUT2D eigenvalue weighted by molar-refractivity contribution is 5.89. The average Bonchev–Trinajstić information content (AvgIpc) is 2.66. The summed E-state index contributed by atoms with van der Waals surface area (Å²) in [6.07, 6.45) is 0.359. The summed E-state index contributed by atoms with van der Waals surface area (Å²) in [4.78, 5) is 27.9. The second-order valence-corrected chi connectivity index (χ2v) is 5.90. The molecule has 1 atom stereocenters. The number of carbonyl (C=O) groups excluding carboxylic acids is 2. The highest BCUT2D eigenvalue weighted by Gasteiger charge is 2.36. The fraction of sp³-hybridized carbons (Fsp3) is 0.733. The Balaban J connectivity index is 2.63. The molecule has 0 aliphatic carbocycles. The quantitative estimate of drug-likeness (QED) is 0.689. The fourth-order valence-electron chi connectivity index (χ4n) is 2.48. The van der Waals surface area contributed by atoms with Crippen LogP contribution in [-0.2, 0) is 9.59 Å². The first kappa shape index (κ1) is 15.7. The molecule has 4 nitrogen and oxygen atoms in total. The number of rotatable bonds is 6. The Kier molecular flexibility index (Phi) is 5.58. The predicted octanol–water partition coefficient (Wildman–Crippen LogP) is 1.92. The first-order valence-electron chi connectivity index (χ1n) is 7.06. The number of nitrogens with zero attached hydrogens (tertiary/aromatic N) is 2. The Morgan fingerprint density at radius 3 is 2.63 bits per heavy atom. The minimum Gasteiger partial charge on any atom is -0.342 e. The fourth-order valence-corrected chi connectivity index (χ4v) is 2.48. The van der Waals surface area contributed by atoms with Crippen LogP contribution in [0.1, 0.15) is 34.1 Å². The molecular weight excluding hydrogens is 240 g/mol. The van der Waals surface area contributed by atoms with Crippen molar-refractivity contribution in [2.24, 2.45) is 11.8 Å². The van der Waals surface area contributed by atoms with E-state index >= 15 is 0 Å². The molecular formula is C15H26N2O2. The van der Waals surface area contributed by atoms with Crippen molar-refractivity contribution in [2.45, 2.75) is 34.1 Å². The molecule has 0 radical (unpaired) electrons. The minimum atomic E-state index is -0.175. The monoisotopic (exact) mass is 266 g/mol. The Morgan fingerprint density at radius 1 is 1.53 bits per heavy atom. The lowest BCUT2D eigenvalue weighted by molar-refractivity contribution is -0.135. The molecule has 0 aromatic rings. The molecule has 1 aliphatic heterocycles. The number of hydrogen-bond acceptors (Lipinski definition) is 2. The van der Waals surface area contributed by atoms with Crippen molar-refractivity contribution in [1.82, 2.24) is 9.80 Å². The molecule has 1 heterocycles. The molecule has 0 spiro atoms. The van der Waals surface area contributed by atoms with Crippen molar-refractivity contribution in [3.05, 3.63) is 12.2 Å². The lowest BCUT2D eigenvalue weighted by Gasteiger charge is -2.24. The summed E-state index contributed by atoms with van der Waals surface area (Å²) in [5.41, 5.74) is 0.971. The van der Waals surface area contributed by atoms with Crippen molar-refractivity contribution in [2.75, 3.05) is 26.2 Å².